The quantitative estimate of drug-likeness (QED) is 0.499. The van der Waals surface area contributed by atoms with Crippen molar-refractivity contribution in [3.05, 3.63) is 53.9 Å². The van der Waals surface area contributed by atoms with Crippen molar-refractivity contribution in [3.8, 4) is 0 Å². The Bertz CT molecular complexity index is 1290. The lowest BCUT2D eigenvalue weighted by atomic mass is 9.47. The van der Waals surface area contributed by atoms with Gasteiger partial charge in [0.25, 0.3) is 0 Å². The van der Waals surface area contributed by atoms with Gasteiger partial charge in [0.05, 0.1) is 17.4 Å². The molecule has 2 saturated carbocycles. The number of H-pyrrole nitrogens is 1. The molecule has 0 aliphatic heterocycles. The van der Waals surface area contributed by atoms with E-state index in [0.717, 1.165) is 36.7 Å². The van der Waals surface area contributed by atoms with Gasteiger partial charge in [-0.05, 0) is 92.9 Å². The number of ketones is 2. The number of Topliss-reactive ketones (excluding diaryl/α,β-unsaturated/α-hetero) is 1. The van der Waals surface area contributed by atoms with Gasteiger partial charge in [-0.3, -0.25) is 14.4 Å². The molecule has 0 saturated heterocycles. The molecule has 6 heteroatoms. The molecule has 2 aromatic rings. The summed E-state index contributed by atoms with van der Waals surface area (Å²) in [5.41, 5.74) is 3.27. The van der Waals surface area contributed by atoms with Crippen LogP contribution in [0.1, 0.15) is 73.1 Å². The van der Waals surface area contributed by atoms with Gasteiger partial charge in [0.1, 0.15) is 0 Å². The zero-order chi connectivity index (χ0) is 26.6. The molecular formula is C31H38N2O4. The Balaban J connectivity index is 0.000000260. The van der Waals surface area contributed by atoms with Crippen LogP contribution in [-0.4, -0.2) is 33.1 Å². The van der Waals surface area contributed by atoms with Gasteiger partial charge in [-0.25, -0.2) is 4.98 Å². The van der Waals surface area contributed by atoms with E-state index in [1.54, 1.807) is 13.3 Å². The molecule has 1 aromatic carbocycles. The highest BCUT2D eigenvalue weighted by Crippen LogP contribution is 2.67. The average Bonchev–Trinajstić information content (AvgIpc) is 3.44. The molecule has 0 bridgehead atoms. The van der Waals surface area contributed by atoms with Crippen LogP contribution in [0.5, 0.6) is 0 Å². The number of allylic oxidation sites excluding steroid dienone is 4. The van der Waals surface area contributed by atoms with Crippen LogP contribution >= 0.6 is 0 Å². The molecule has 6 atom stereocenters. The van der Waals surface area contributed by atoms with Crippen molar-refractivity contribution < 1.29 is 19.1 Å². The second-order valence-corrected chi connectivity index (χ2v) is 12.0. The average molecular weight is 503 g/mol. The fourth-order valence-corrected chi connectivity index (χ4v) is 8.36. The lowest BCUT2D eigenvalue weighted by molar-refractivity contribution is -0.185. The first-order chi connectivity index (χ1) is 17.5. The van der Waals surface area contributed by atoms with Crippen molar-refractivity contribution in [1.82, 2.24) is 9.97 Å². The van der Waals surface area contributed by atoms with E-state index >= 15 is 0 Å². The maximum absolute atomic E-state index is 12.8. The largest absolute Gasteiger partial charge is 0.451 e. The van der Waals surface area contributed by atoms with Gasteiger partial charge < -0.3 is 9.72 Å². The molecule has 4 aliphatic carbocycles. The van der Waals surface area contributed by atoms with Gasteiger partial charge in [0.2, 0.25) is 0 Å². The van der Waals surface area contributed by atoms with Crippen LogP contribution in [0, 0.1) is 28.6 Å². The van der Waals surface area contributed by atoms with Gasteiger partial charge in [0.15, 0.2) is 17.2 Å². The number of fused-ring (bicyclic) bond motifs is 6. The number of aromatic amines is 1. The maximum atomic E-state index is 12.8. The van der Waals surface area contributed by atoms with Crippen LogP contribution in [0.2, 0.25) is 0 Å². The SMILES string of the molecule is CC(=O)O[C@]1(C(C)=O)CC[C@H]2[C@@H]3C=C(C)C4=CC(=O)CC[C@]4(C)[C@H]3CC[C@@]21C.c1ccc2[nH]cnc2c1. The van der Waals surface area contributed by atoms with Crippen LogP contribution in [0.4, 0.5) is 0 Å². The predicted octanol–water partition coefficient (Wildman–Crippen LogP) is 6.14. The Hall–Kier alpha value is -3.02. The second-order valence-electron chi connectivity index (χ2n) is 12.0. The molecule has 0 unspecified atom stereocenters. The Morgan fingerprint density at radius 1 is 1.05 bits per heavy atom. The monoisotopic (exact) mass is 502 g/mol. The molecule has 6 rings (SSSR count). The predicted molar refractivity (Wildman–Crippen MR) is 143 cm³/mol. The molecule has 0 radical (unpaired) electrons. The second kappa shape index (κ2) is 9.07. The first-order valence-corrected chi connectivity index (χ1v) is 13.5. The summed E-state index contributed by atoms with van der Waals surface area (Å²) in [4.78, 5) is 43.8. The third-order valence-electron chi connectivity index (χ3n) is 10.2. The summed E-state index contributed by atoms with van der Waals surface area (Å²) < 4.78 is 5.82. The molecule has 0 spiro atoms. The fourth-order valence-electron chi connectivity index (χ4n) is 8.36. The number of benzene rings is 1. The molecule has 2 fully saturated rings. The molecule has 6 nitrogen and oxygen atoms in total. The van der Waals surface area contributed by atoms with E-state index in [0.29, 0.717) is 30.6 Å². The Morgan fingerprint density at radius 3 is 2.49 bits per heavy atom. The summed E-state index contributed by atoms with van der Waals surface area (Å²) in [5.74, 6) is 1.03. The Kier molecular flexibility index (Phi) is 6.28. The van der Waals surface area contributed by atoms with Gasteiger partial charge in [-0.1, -0.05) is 37.6 Å². The summed E-state index contributed by atoms with van der Waals surface area (Å²) in [5, 5.41) is 0. The van der Waals surface area contributed by atoms with Gasteiger partial charge in [-0.15, -0.1) is 0 Å². The van der Waals surface area contributed by atoms with Crippen molar-refractivity contribution in [2.24, 2.45) is 28.6 Å². The smallest absolute Gasteiger partial charge is 0.303 e. The fraction of sp³-hybridized carbons (Fsp3) is 0.548. The van der Waals surface area contributed by atoms with Crippen molar-refractivity contribution in [1.29, 1.82) is 0 Å². The molecular weight excluding hydrogens is 464 g/mol. The summed E-state index contributed by atoms with van der Waals surface area (Å²) >= 11 is 0. The lowest BCUT2D eigenvalue weighted by Crippen LogP contribution is -2.58. The number of hydrogen-bond donors (Lipinski definition) is 1. The molecule has 1 aromatic heterocycles. The minimum absolute atomic E-state index is 0.0160. The minimum Gasteiger partial charge on any atom is -0.451 e. The number of esters is 1. The number of imidazole rings is 1. The number of nitrogens with zero attached hydrogens (tertiary/aromatic N) is 1. The van der Waals surface area contributed by atoms with Crippen LogP contribution in [-0.2, 0) is 19.1 Å². The molecule has 196 valence electrons. The van der Waals surface area contributed by atoms with Crippen LogP contribution in [0.3, 0.4) is 0 Å². The van der Waals surface area contributed by atoms with E-state index in [4.69, 9.17) is 4.74 Å². The van der Waals surface area contributed by atoms with E-state index in [1.165, 1.54) is 18.1 Å². The highest BCUT2D eigenvalue weighted by atomic mass is 16.6. The summed E-state index contributed by atoms with van der Waals surface area (Å²) in [6.07, 6.45) is 10.9. The summed E-state index contributed by atoms with van der Waals surface area (Å²) in [6.45, 7) is 9.63. The summed E-state index contributed by atoms with van der Waals surface area (Å²) in [6, 6.07) is 7.94. The topological polar surface area (TPSA) is 89.1 Å². The number of carbonyl (C=O) groups is 3. The normalized spacial score (nSPS) is 36.2. The highest BCUT2D eigenvalue weighted by molar-refractivity contribution is 5.92. The number of para-hydroxylation sites is 2. The summed E-state index contributed by atoms with van der Waals surface area (Å²) in [7, 11) is 0. The van der Waals surface area contributed by atoms with E-state index in [2.05, 4.69) is 36.8 Å². The zero-order valence-corrected chi connectivity index (χ0v) is 22.6. The maximum Gasteiger partial charge on any atom is 0.303 e. The van der Waals surface area contributed by atoms with E-state index < -0.39 is 5.60 Å². The van der Waals surface area contributed by atoms with E-state index in [-0.39, 0.29) is 28.4 Å². The Morgan fingerprint density at radius 2 is 1.78 bits per heavy atom. The van der Waals surface area contributed by atoms with Crippen molar-refractivity contribution in [3.63, 3.8) is 0 Å². The standard InChI is InChI=1S/C24H32O4.C7H6N2/c1-14-12-18-19(22(4)9-6-17(27)13-21(14)22)7-10-23(5)20(18)8-11-24(23,15(2)25)28-16(3)26;1-2-4-7-6(3-1)8-5-9-7/h12-13,18-20H,6-11H2,1-5H3;1-5H,(H,8,9)/t18-,19+,20+,22-,23+,24+;/m1./s1. The number of nitrogens with one attached hydrogen (secondary N) is 1. The van der Waals surface area contributed by atoms with E-state index in [1.807, 2.05) is 30.3 Å². The minimum atomic E-state index is -0.990. The number of rotatable bonds is 2. The number of carbonyl (C=O) groups excluding carboxylic acids is 3. The molecule has 1 N–H and O–H groups in total. The van der Waals surface area contributed by atoms with Gasteiger partial charge >= 0.3 is 5.97 Å². The molecule has 1 heterocycles. The number of hydrogen-bond acceptors (Lipinski definition) is 5. The lowest BCUT2D eigenvalue weighted by Gasteiger charge is -2.58. The first kappa shape index (κ1) is 25.6. The van der Waals surface area contributed by atoms with Gasteiger partial charge in [0, 0.05) is 18.8 Å². The number of ether oxygens (including phenoxy) is 1. The zero-order valence-electron chi connectivity index (χ0n) is 22.6. The first-order valence-electron chi connectivity index (χ1n) is 13.5. The van der Waals surface area contributed by atoms with Crippen molar-refractivity contribution >= 4 is 28.6 Å². The highest BCUT2D eigenvalue weighted by Gasteiger charge is 2.67. The molecule has 4 aliphatic rings. The molecule has 0 amide bonds. The number of aromatic nitrogens is 2. The third kappa shape index (κ3) is 3.91. The van der Waals surface area contributed by atoms with Crippen molar-refractivity contribution in [2.75, 3.05) is 0 Å². The Labute approximate surface area is 219 Å². The van der Waals surface area contributed by atoms with E-state index in [9.17, 15) is 14.4 Å². The molecule has 37 heavy (non-hydrogen) atoms. The van der Waals surface area contributed by atoms with Crippen LogP contribution in [0.25, 0.3) is 11.0 Å². The van der Waals surface area contributed by atoms with Crippen LogP contribution in [0.15, 0.2) is 53.9 Å². The third-order valence-corrected chi connectivity index (χ3v) is 10.2. The van der Waals surface area contributed by atoms with Gasteiger partial charge in [-0.2, -0.15) is 0 Å². The van der Waals surface area contributed by atoms with Crippen molar-refractivity contribution in [2.45, 2.75) is 78.7 Å². The van der Waals surface area contributed by atoms with Crippen LogP contribution < -0.4 is 0 Å².